The number of hydrogen-bond donors (Lipinski definition) is 0. The van der Waals surface area contributed by atoms with Crippen LogP contribution in [0.3, 0.4) is 0 Å². The van der Waals surface area contributed by atoms with E-state index in [4.69, 9.17) is 21.6 Å². The molecule has 0 fully saturated rings. The van der Waals surface area contributed by atoms with Crippen LogP contribution in [0, 0.1) is 21.4 Å². The summed E-state index contributed by atoms with van der Waals surface area (Å²) in [5.41, 5.74) is -0.433. The normalized spacial score (nSPS) is 11.2. The number of rotatable bonds is 5. The summed E-state index contributed by atoms with van der Waals surface area (Å²) in [6, 6.07) is 11.2. The SMILES string of the molecule is C[C@H](C#N)OC(=O)c1ccccc1C(=O)c1ccc(Cl)c([N+](=O)[O-])c1. The number of halogens is 1. The molecule has 0 spiro atoms. The Morgan fingerprint density at radius 3 is 2.48 bits per heavy atom. The van der Waals surface area contributed by atoms with Crippen LogP contribution < -0.4 is 0 Å². The number of ketones is 1. The van der Waals surface area contributed by atoms with E-state index in [0.717, 1.165) is 6.07 Å². The number of nitrogens with zero attached hydrogens (tertiary/aromatic N) is 2. The van der Waals surface area contributed by atoms with Crippen molar-refractivity contribution >= 4 is 29.0 Å². The van der Waals surface area contributed by atoms with Crippen LogP contribution in [0.25, 0.3) is 0 Å². The maximum Gasteiger partial charge on any atom is 0.340 e. The molecule has 8 heteroatoms. The van der Waals surface area contributed by atoms with Gasteiger partial charge in [0.25, 0.3) is 5.69 Å². The predicted octanol–water partition coefficient (Wildman–Crippen LogP) is 3.55. The third-order valence-corrected chi connectivity index (χ3v) is 3.58. The highest BCUT2D eigenvalue weighted by Gasteiger charge is 2.23. The quantitative estimate of drug-likeness (QED) is 0.350. The first kappa shape index (κ1) is 18.1. The summed E-state index contributed by atoms with van der Waals surface area (Å²) in [6.45, 7) is 1.39. The van der Waals surface area contributed by atoms with Gasteiger partial charge < -0.3 is 4.74 Å². The van der Waals surface area contributed by atoms with Gasteiger partial charge in [-0.1, -0.05) is 29.8 Å². The molecular weight excluding hydrogens is 348 g/mol. The van der Waals surface area contributed by atoms with E-state index in [0.29, 0.717) is 0 Å². The van der Waals surface area contributed by atoms with Crippen molar-refractivity contribution in [2.45, 2.75) is 13.0 Å². The van der Waals surface area contributed by atoms with Crippen molar-refractivity contribution in [3.05, 3.63) is 74.3 Å². The molecule has 0 aliphatic heterocycles. The fraction of sp³-hybridized carbons (Fsp3) is 0.118. The second-order valence-electron chi connectivity index (χ2n) is 4.97. The van der Waals surface area contributed by atoms with Crippen molar-refractivity contribution in [3.63, 3.8) is 0 Å². The molecular formula is C17H11ClN2O5. The maximum atomic E-state index is 12.7. The highest BCUT2D eigenvalue weighted by atomic mass is 35.5. The Hall–Kier alpha value is -3.24. The van der Waals surface area contributed by atoms with Crippen LogP contribution in [0.5, 0.6) is 0 Å². The molecule has 0 aliphatic rings. The first-order valence-corrected chi connectivity index (χ1v) is 7.41. The van der Waals surface area contributed by atoms with Gasteiger partial charge in [-0.05, 0) is 25.1 Å². The molecule has 0 heterocycles. The molecule has 0 saturated carbocycles. The fourth-order valence-electron chi connectivity index (χ4n) is 2.06. The van der Waals surface area contributed by atoms with Crippen LogP contribution in [-0.2, 0) is 4.74 Å². The van der Waals surface area contributed by atoms with Crippen molar-refractivity contribution in [1.29, 1.82) is 5.26 Å². The predicted molar refractivity (Wildman–Crippen MR) is 88.5 cm³/mol. The standard InChI is InChI=1S/C17H11ClN2O5/c1-10(9-19)25-17(22)13-5-3-2-4-12(13)16(21)11-6-7-14(18)15(8-11)20(23)24/h2-8,10H,1H3/t10-/m1/s1. The van der Waals surface area contributed by atoms with Gasteiger partial charge in [0.2, 0.25) is 0 Å². The summed E-state index contributed by atoms with van der Waals surface area (Å²) < 4.78 is 4.91. The van der Waals surface area contributed by atoms with E-state index in [-0.39, 0.29) is 21.7 Å². The first-order valence-electron chi connectivity index (χ1n) is 7.03. The second-order valence-corrected chi connectivity index (χ2v) is 5.38. The van der Waals surface area contributed by atoms with Crippen LogP contribution in [-0.4, -0.2) is 22.8 Å². The monoisotopic (exact) mass is 358 g/mol. The highest BCUT2D eigenvalue weighted by Crippen LogP contribution is 2.27. The van der Waals surface area contributed by atoms with Gasteiger partial charge in [0.05, 0.1) is 10.5 Å². The molecule has 0 unspecified atom stereocenters. The smallest absolute Gasteiger partial charge is 0.340 e. The number of hydrogen-bond acceptors (Lipinski definition) is 6. The molecule has 0 radical (unpaired) electrons. The van der Waals surface area contributed by atoms with Gasteiger partial charge in [-0.15, -0.1) is 0 Å². The van der Waals surface area contributed by atoms with Crippen LogP contribution in [0.2, 0.25) is 5.02 Å². The molecule has 126 valence electrons. The summed E-state index contributed by atoms with van der Waals surface area (Å²) in [5, 5.41) is 19.6. The number of nitriles is 1. The van der Waals surface area contributed by atoms with E-state index in [9.17, 15) is 19.7 Å². The number of nitro benzene ring substituents is 1. The van der Waals surface area contributed by atoms with E-state index >= 15 is 0 Å². The second kappa shape index (κ2) is 7.55. The van der Waals surface area contributed by atoms with E-state index in [1.165, 1.54) is 37.3 Å². The van der Waals surface area contributed by atoms with Crippen LogP contribution in [0.15, 0.2) is 42.5 Å². The lowest BCUT2D eigenvalue weighted by molar-refractivity contribution is -0.384. The largest absolute Gasteiger partial charge is 0.444 e. The van der Waals surface area contributed by atoms with Crippen LogP contribution >= 0.6 is 11.6 Å². The molecule has 0 aliphatic carbocycles. The molecule has 2 aromatic carbocycles. The lowest BCUT2D eigenvalue weighted by Gasteiger charge is -2.10. The minimum absolute atomic E-state index is 0.00433. The Labute approximate surface area is 147 Å². The van der Waals surface area contributed by atoms with Gasteiger partial charge in [0, 0.05) is 17.2 Å². The van der Waals surface area contributed by atoms with Gasteiger partial charge in [-0.25, -0.2) is 4.79 Å². The van der Waals surface area contributed by atoms with E-state index in [2.05, 4.69) is 0 Å². The Morgan fingerprint density at radius 2 is 1.88 bits per heavy atom. The molecule has 0 aromatic heterocycles. The average Bonchev–Trinajstić information content (AvgIpc) is 2.61. The number of benzene rings is 2. The lowest BCUT2D eigenvalue weighted by Crippen LogP contribution is -2.17. The molecule has 0 N–H and O–H groups in total. The maximum absolute atomic E-state index is 12.7. The number of nitro groups is 1. The Balaban J connectivity index is 2.44. The van der Waals surface area contributed by atoms with E-state index in [1.54, 1.807) is 12.1 Å². The summed E-state index contributed by atoms with van der Waals surface area (Å²) in [7, 11) is 0. The van der Waals surface area contributed by atoms with Crippen molar-refractivity contribution in [2.75, 3.05) is 0 Å². The minimum Gasteiger partial charge on any atom is -0.444 e. The highest BCUT2D eigenvalue weighted by molar-refractivity contribution is 6.33. The van der Waals surface area contributed by atoms with Crippen molar-refractivity contribution in [3.8, 4) is 6.07 Å². The molecule has 0 saturated heterocycles. The zero-order chi connectivity index (χ0) is 18.6. The van der Waals surface area contributed by atoms with Crippen LogP contribution in [0.1, 0.15) is 33.2 Å². The van der Waals surface area contributed by atoms with E-state index in [1.807, 2.05) is 0 Å². The van der Waals surface area contributed by atoms with Gasteiger partial charge in [-0.2, -0.15) is 5.26 Å². The van der Waals surface area contributed by atoms with Crippen molar-refractivity contribution in [1.82, 2.24) is 0 Å². The third kappa shape index (κ3) is 4.00. The average molecular weight is 359 g/mol. The molecule has 1 atom stereocenters. The number of ether oxygens (including phenoxy) is 1. The van der Waals surface area contributed by atoms with Crippen molar-refractivity contribution in [2.24, 2.45) is 0 Å². The molecule has 0 bridgehead atoms. The van der Waals surface area contributed by atoms with Crippen molar-refractivity contribution < 1.29 is 19.2 Å². The Morgan fingerprint density at radius 1 is 1.24 bits per heavy atom. The molecule has 2 rings (SSSR count). The number of esters is 1. The minimum atomic E-state index is -0.979. The summed E-state index contributed by atoms with van der Waals surface area (Å²) in [6.07, 6.45) is -0.979. The number of carbonyl (C=O) groups is 2. The zero-order valence-electron chi connectivity index (χ0n) is 12.9. The van der Waals surface area contributed by atoms with E-state index < -0.39 is 28.5 Å². The third-order valence-electron chi connectivity index (χ3n) is 3.26. The molecule has 25 heavy (non-hydrogen) atoms. The molecule has 2 aromatic rings. The Bertz CT molecular complexity index is 904. The molecule has 0 amide bonds. The zero-order valence-corrected chi connectivity index (χ0v) is 13.7. The van der Waals surface area contributed by atoms with Crippen LogP contribution in [0.4, 0.5) is 5.69 Å². The first-order chi connectivity index (χ1) is 11.8. The summed E-state index contributed by atoms with van der Waals surface area (Å²) >= 11 is 5.74. The summed E-state index contributed by atoms with van der Waals surface area (Å²) in [4.78, 5) is 35.1. The van der Waals surface area contributed by atoms with Gasteiger partial charge >= 0.3 is 5.97 Å². The lowest BCUT2D eigenvalue weighted by atomic mass is 9.98. The topological polar surface area (TPSA) is 110 Å². The molecule has 7 nitrogen and oxygen atoms in total. The van der Waals surface area contributed by atoms with Gasteiger partial charge in [0.1, 0.15) is 11.1 Å². The number of carbonyl (C=O) groups excluding carboxylic acids is 2. The summed E-state index contributed by atoms with van der Waals surface area (Å²) in [5.74, 6) is -1.43. The van der Waals surface area contributed by atoms with Gasteiger partial charge in [-0.3, -0.25) is 14.9 Å². The Kier molecular flexibility index (Phi) is 5.47. The fourth-order valence-corrected chi connectivity index (χ4v) is 2.25. The van der Waals surface area contributed by atoms with Gasteiger partial charge in [0.15, 0.2) is 11.9 Å².